The predicted molar refractivity (Wildman–Crippen MR) is 109 cm³/mol. The molecule has 0 spiro atoms. The van der Waals surface area contributed by atoms with Gasteiger partial charge < -0.3 is 0 Å². The molecule has 142 valence electrons. The molecule has 0 unspecified atom stereocenters. The maximum atomic E-state index is 13.1. The molecule has 0 aliphatic carbocycles. The van der Waals surface area contributed by atoms with E-state index in [1.54, 1.807) is 48.6 Å². The Bertz CT molecular complexity index is 1290. The third-order valence-electron chi connectivity index (χ3n) is 4.42. The van der Waals surface area contributed by atoms with E-state index in [1.165, 1.54) is 41.0 Å². The maximum Gasteiger partial charge on any atom is 0.269 e. The topological polar surface area (TPSA) is 78.0 Å². The number of hydrogen-bond donors (Lipinski definition) is 0. The van der Waals surface area contributed by atoms with Crippen molar-refractivity contribution < 1.29 is 9.31 Å². The van der Waals surface area contributed by atoms with Crippen LogP contribution in [-0.2, 0) is 0 Å². The molecule has 0 radical (unpaired) electrons. The number of nitro benzene ring substituents is 1. The fourth-order valence-electron chi connectivity index (χ4n) is 2.98. The first-order valence-electron chi connectivity index (χ1n) is 8.73. The number of para-hydroxylation sites is 1. The van der Waals surface area contributed by atoms with Gasteiger partial charge in [-0.05, 0) is 48.0 Å². The van der Waals surface area contributed by atoms with Crippen LogP contribution in [0, 0.1) is 15.9 Å². The molecule has 1 heterocycles. The van der Waals surface area contributed by atoms with E-state index in [9.17, 15) is 19.3 Å². The lowest BCUT2D eigenvalue weighted by Crippen LogP contribution is -2.22. The molecular formula is C22H14FN3O3. The van der Waals surface area contributed by atoms with Crippen molar-refractivity contribution in [2.75, 3.05) is 0 Å². The predicted octanol–water partition coefficient (Wildman–Crippen LogP) is 4.60. The van der Waals surface area contributed by atoms with Gasteiger partial charge in [0, 0.05) is 12.1 Å². The van der Waals surface area contributed by atoms with Crippen molar-refractivity contribution in [3.63, 3.8) is 0 Å². The third-order valence-corrected chi connectivity index (χ3v) is 4.42. The Morgan fingerprint density at radius 3 is 2.31 bits per heavy atom. The van der Waals surface area contributed by atoms with Crippen molar-refractivity contribution in [2.45, 2.75) is 0 Å². The van der Waals surface area contributed by atoms with Crippen molar-refractivity contribution in [2.24, 2.45) is 0 Å². The molecule has 0 bridgehead atoms. The molecule has 0 atom stereocenters. The lowest BCUT2D eigenvalue weighted by Gasteiger charge is -2.11. The molecule has 4 rings (SSSR count). The van der Waals surface area contributed by atoms with Gasteiger partial charge in [-0.25, -0.2) is 9.37 Å². The smallest absolute Gasteiger partial charge is 0.268 e. The standard InChI is InChI=1S/C22H14FN3O3/c23-16-8-5-15(6-9-16)7-14-21-24-20-4-2-1-3-19(20)22(27)25(21)17-10-12-18(13-11-17)26(28)29/h1-14H. The second-order valence-corrected chi connectivity index (χ2v) is 6.29. The number of rotatable bonds is 4. The largest absolute Gasteiger partial charge is 0.269 e. The zero-order chi connectivity index (χ0) is 20.4. The summed E-state index contributed by atoms with van der Waals surface area (Å²) in [6.45, 7) is 0. The summed E-state index contributed by atoms with van der Waals surface area (Å²) in [5.74, 6) is 0.0145. The van der Waals surface area contributed by atoms with E-state index in [2.05, 4.69) is 4.98 Å². The highest BCUT2D eigenvalue weighted by Crippen LogP contribution is 2.18. The zero-order valence-electron chi connectivity index (χ0n) is 15.0. The van der Waals surface area contributed by atoms with Gasteiger partial charge in [0.1, 0.15) is 11.6 Å². The molecule has 7 heteroatoms. The van der Waals surface area contributed by atoms with Crippen molar-refractivity contribution in [1.29, 1.82) is 0 Å². The average Bonchev–Trinajstić information content (AvgIpc) is 2.73. The molecule has 6 nitrogen and oxygen atoms in total. The van der Waals surface area contributed by atoms with Gasteiger partial charge in [0.05, 0.1) is 21.5 Å². The van der Waals surface area contributed by atoms with Gasteiger partial charge in [-0.1, -0.05) is 30.3 Å². The molecule has 0 aliphatic rings. The quantitative estimate of drug-likeness (QED) is 0.379. The Balaban J connectivity index is 1.89. The van der Waals surface area contributed by atoms with Gasteiger partial charge in [-0.2, -0.15) is 0 Å². The fourth-order valence-corrected chi connectivity index (χ4v) is 2.98. The summed E-state index contributed by atoms with van der Waals surface area (Å²) in [6.07, 6.45) is 3.38. The average molecular weight is 387 g/mol. The minimum Gasteiger partial charge on any atom is -0.268 e. The van der Waals surface area contributed by atoms with Crippen LogP contribution in [0.1, 0.15) is 11.4 Å². The van der Waals surface area contributed by atoms with E-state index in [1.807, 2.05) is 0 Å². The fraction of sp³-hybridized carbons (Fsp3) is 0. The minimum atomic E-state index is -0.499. The highest BCUT2D eigenvalue weighted by Gasteiger charge is 2.12. The summed E-state index contributed by atoms with van der Waals surface area (Å²) in [6, 6.07) is 18.6. The molecule has 3 aromatic carbocycles. The van der Waals surface area contributed by atoms with Crippen LogP contribution < -0.4 is 5.56 Å². The van der Waals surface area contributed by atoms with E-state index in [0.29, 0.717) is 22.4 Å². The number of nitrogens with zero attached hydrogens (tertiary/aromatic N) is 3. The van der Waals surface area contributed by atoms with Crippen molar-refractivity contribution in [3.8, 4) is 5.69 Å². The molecule has 1 aromatic heterocycles. The summed E-state index contributed by atoms with van der Waals surface area (Å²) in [7, 11) is 0. The van der Waals surface area contributed by atoms with Crippen molar-refractivity contribution >= 4 is 28.7 Å². The highest BCUT2D eigenvalue weighted by atomic mass is 19.1. The van der Waals surface area contributed by atoms with E-state index < -0.39 is 4.92 Å². The van der Waals surface area contributed by atoms with Crippen LogP contribution in [0.4, 0.5) is 10.1 Å². The summed E-state index contributed by atoms with van der Waals surface area (Å²) in [4.78, 5) is 28.1. The van der Waals surface area contributed by atoms with Gasteiger partial charge in [0.25, 0.3) is 11.2 Å². The molecule has 0 amide bonds. The molecule has 4 aromatic rings. The lowest BCUT2D eigenvalue weighted by atomic mass is 10.2. The molecule has 0 saturated carbocycles. The van der Waals surface area contributed by atoms with E-state index >= 15 is 0 Å². The Morgan fingerprint density at radius 2 is 1.62 bits per heavy atom. The monoisotopic (exact) mass is 387 g/mol. The van der Waals surface area contributed by atoms with Crippen molar-refractivity contribution in [3.05, 3.63) is 110 Å². The van der Waals surface area contributed by atoms with Gasteiger partial charge >= 0.3 is 0 Å². The molecule has 0 aliphatic heterocycles. The minimum absolute atomic E-state index is 0.0704. The molecular weight excluding hydrogens is 373 g/mol. The maximum absolute atomic E-state index is 13.1. The number of halogens is 1. The van der Waals surface area contributed by atoms with Crippen LogP contribution >= 0.6 is 0 Å². The number of hydrogen-bond acceptors (Lipinski definition) is 4. The number of nitro groups is 1. The third kappa shape index (κ3) is 3.66. The van der Waals surface area contributed by atoms with Crippen LogP contribution in [0.2, 0.25) is 0 Å². The Hall–Kier alpha value is -4.13. The highest BCUT2D eigenvalue weighted by molar-refractivity contribution is 5.80. The number of fused-ring (bicyclic) bond motifs is 1. The number of aromatic nitrogens is 2. The zero-order valence-corrected chi connectivity index (χ0v) is 15.0. The summed E-state index contributed by atoms with van der Waals surface area (Å²) < 4.78 is 14.5. The first-order valence-corrected chi connectivity index (χ1v) is 8.73. The van der Waals surface area contributed by atoms with Crippen LogP contribution in [-0.4, -0.2) is 14.5 Å². The molecule has 0 fully saturated rings. The molecule has 29 heavy (non-hydrogen) atoms. The number of non-ortho nitro benzene ring substituents is 1. The normalized spacial score (nSPS) is 11.2. The first kappa shape index (κ1) is 18.2. The number of benzene rings is 3. The Labute approximate surface area is 164 Å². The van der Waals surface area contributed by atoms with Gasteiger partial charge in [0.15, 0.2) is 0 Å². The van der Waals surface area contributed by atoms with E-state index in [0.717, 1.165) is 5.56 Å². The van der Waals surface area contributed by atoms with E-state index in [-0.39, 0.29) is 17.1 Å². The summed E-state index contributed by atoms with van der Waals surface area (Å²) >= 11 is 0. The van der Waals surface area contributed by atoms with E-state index in [4.69, 9.17) is 0 Å². The van der Waals surface area contributed by atoms with Gasteiger partial charge in [-0.3, -0.25) is 19.5 Å². The van der Waals surface area contributed by atoms with Gasteiger partial charge in [-0.15, -0.1) is 0 Å². The summed E-state index contributed by atoms with van der Waals surface area (Å²) in [5, 5.41) is 11.4. The second-order valence-electron chi connectivity index (χ2n) is 6.29. The Morgan fingerprint density at radius 1 is 0.931 bits per heavy atom. The molecule has 0 saturated heterocycles. The van der Waals surface area contributed by atoms with Crippen LogP contribution in [0.15, 0.2) is 77.6 Å². The van der Waals surface area contributed by atoms with Gasteiger partial charge in [0.2, 0.25) is 0 Å². The SMILES string of the molecule is O=c1c2ccccc2nc(C=Cc2ccc(F)cc2)n1-c1ccc([N+](=O)[O-])cc1. The van der Waals surface area contributed by atoms with Crippen molar-refractivity contribution in [1.82, 2.24) is 9.55 Å². The second kappa shape index (κ2) is 7.47. The summed E-state index contributed by atoms with van der Waals surface area (Å²) in [5.41, 5.74) is 1.37. The van der Waals surface area contributed by atoms with Crippen LogP contribution in [0.3, 0.4) is 0 Å². The molecule has 0 N–H and O–H groups in total. The lowest BCUT2D eigenvalue weighted by molar-refractivity contribution is -0.384. The van der Waals surface area contributed by atoms with Crippen LogP contribution in [0.25, 0.3) is 28.7 Å². The first-order chi connectivity index (χ1) is 14.0. The Kier molecular flexibility index (Phi) is 4.70. The van der Waals surface area contributed by atoms with Crippen LogP contribution in [0.5, 0.6) is 0 Å².